The zero-order chi connectivity index (χ0) is 31.1. The van der Waals surface area contributed by atoms with Gasteiger partial charge in [0.1, 0.15) is 18.4 Å². The second-order valence-electron chi connectivity index (χ2n) is 9.54. The molecule has 226 valence electrons. The van der Waals surface area contributed by atoms with Gasteiger partial charge in [0.25, 0.3) is 0 Å². The molecular weight excluding hydrogens is 598 g/mol. The number of benzene rings is 3. The topological polar surface area (TPSA) is 86.8 Å². The number of alkyl halides is 3. The van der Waals surface area contributed by atoms with Gasteiger partial charge in [-0.2, -0.15) is 13.2 Å². The smallest absolute Gasteiger partial charge is 0.354 e. The number of sulfonamides is 1. The lowest BCUT2D eigenvalue weighted by Crippen LogP contribution is -2.53. The summed E-state index contributed by atoms with van der Waals surface area (Å²) in [6, 6.07) is 15.6. The Hall–Kier alpha value is -3.64. The Balaban J connectivity index is 2.10. The van der Waals surface area contributed by atoms with Crippen LogP contribution in [0.5, 0.6) is 0 Å². The van der Waals surface area contributed by atoms with Gasteiger partial charge in [-0.15, -0.1) is 0 Å². The zero-order valence-corrected chi connectivity index (χ0v) is 24.4. The van der Waals surface area contributed by atoms with E-state index in [0.29, 0.717) is 22.4 Å². The fourth-order valence-corrected chi connectivity index (χ4v) is 5.30. The highest BCUT2D eigenvalue weighted by atomic mass is 35.5. The van der Waals surface area contributed by atoms with Gasteiger partial charge in [0.05, 0.1) is 22.5 Å². The highest BCUT2D eigenvalue weighted by Gasteiger charge is 2.36. The molecule has 3 rings (SSSR count). The van der Waals surface area contributed by atoms with Crippen molar-refractivity contribution in [2.24, 2.45) is 0 Å². The minimum absolute atomic E-state index is 0.00855. The third-order valence-electron chi connectivity index (χ3n) is 6.34. The molecule has 0 heterocycles. The first-order chi connectivity index (χ1) is 19.7. The molecule has 0 unspecified atom stereocenters. The number of hydrogen-bond donors (Lipinski definition) is 1. The van der Waals surface area contributed by atoms with E-state index in [2.05, 4.69) is 5.32 Å². The van der Waals surface area contributed by atoms with E-state index in [4.69, 9.17) is 11.6 Å². The molecule has 0 aliphatic carbocycles. The molecule has 0 saturated carbocycles. The first-order valence-corrected chi connectivity index (χ1v) is 15.1. The molecule has 2 amide bonds. The van der Waals surface area contributed by atoms with Crippen LogP contribution >= 0.6 is 11.6 Å². The molecule has 13 heteroatoms. The van der Waals surface area contributed by atoms with Crippen molar-refractivity contribution in [1.82, 2.24) is 10.2 Å². The average molecular weight is 628 g/mol. The maximum atomic E-state index is 14.8. The molecule has 0 aromatic heterocycles. The van der Waals surface area contributed by atoms with Crippen LogP contribution in [0.1, 0.15) is 30.0 Å². The molecule has 0 aliphatic rings. The first-order valence-electron chi connectivity index (χ1n) is 12.9. The van der Waals surface area contributed by atoms with E-state index in [-0.39, 0.29) is 18.5 Å². The summed E-state index contributed by atoms with van der Waals surface area (Å²) in [5.74, 6) is -2.14. The lowest BCUT2D eigenvalue weighted by Gasteiger charge is -2.33. The van der Waals surface area contributed by atoms with Crippen molar-refractivity contribution in [1.29, 1.82) is 0 Å². The molecule has 0 fully saturated rings. The maximum Gasteiger partial charge on any atom is 0.417 e. The molecule has 0 aliphatic heterocycles. The van der Waals surface area contributed by atoms with E-state index < -0.39 is 69.2 Å². The fraction of sp³-hybridized carbons (Fsp3) is 0.310. The van der Waals surface area contributed by atoms with Gasteiger partial charge in [0.2, 0.25) is 21.8 Å². The number of amides is 2. The van der Waals surface area contributed by atoms with Crippen molar-refractivity contribution in [3.05, 3.63) is 100 Å². The molecule has 3 aromatic rings. The van der Waals surface area contributed by atoms with Crippen molar-refractivity contribution in [2.75, 3.05) is 23.7 Å². The number of nitrogens with one attached hydrogen (secondary N) is 1. The largest absolute Gasteiger partial charge is 0.417 e. The summed E-state index contributed by atoms with van der Waals surface area (Å²) in [7, 11) is -4.32. The molecule has 0 radical (unpaired) electrons. The molecule has 0 bridgehead atoms. The summed E-state index contributed by atoms with van der Waals surface area (Å²) in [6.07, 6.45) is -3.56. The highest BCUT2D eigenvalue weighted by Crippen LogP contribution is 2.37. The summed E-state index contributed by atoms with van der Waals surface area (Å²) < 4.78 is 81.5. The van der Waals surface area contributed by atoms with Crippen molar-refractivity contribution >= 4 is 39.1 Å². The van der Waals surface area contributed by atoms with Gasteiger partial charge in [-0.25, -0.2) is 12.8 Å². The highest BCUT2D eigenvalue weighted by molar-refractivity contribution is 7.92. The molecule has 0 saturated heterocycles. The molecular formula is C29H30ClF4N3O4S. The Bertz CT molecular complexity index is 1500. The summed E-state index contributed by atoms with van der Waals surface area (Å²) in [4.78, 5) is 28.4. The fourth-order valence-electron chi connectivity index (χ4n) is 4.23. The molecule has 0 spiro atoms. The van der Waals surface area contributed by atoms with Crippen LogP contribution in [-0.4, -0.2) is 50.5 Å². The van der Waals surface area contributed by atoms with E-state index in [0.717, 1.165) is 23.3 Å². The minimum atomic E-state index is -4.89. The molecule has 1 atom stereocenters. The second-order valence-corrected chi connectivity index (χ2v) is 11.9. The lowest BCUT2D eigenvalue weighted by atomic mass is 10.0. The summed E-state index contributed by atoms with van der Waals surface area (Å²) in [5, 5.41) is 2.09. The summed E-state index contributed by atoms with van der Waals surface area (Å²) in [6.45, 7) is 0.750. The van der Waals surface area contributed by atoms with E-state index in [1.807, 2.05) is 6.92 Å². The number of rotatable bonds is 12. The van der Waals surface area contributed by atoms with Crippen LogP contribution < -0.4 is 9.62 Å². The standard InChI is InChI=1S/C29H30ClF4N3O4S/c1-3-15-35-28(39)26(16-20-9-5-4-6-10-20)36(18-21-11-7-8-12-25(21)31)27(38)19-37(42(2,40)41)22-13-14-24(30)23(17-22)29(32,33)34/h4-14,17,26H,3,15-16,18-19H2,1-2H3,(H,35,39)/t26-/m1/s1. The first kappa shape index (κ1) is 32.9. The number of nitrogens with zero attached hydrogens (tertiary/aromatic N) is 2. The third kappa shape index (κ3) is 8.68. The molecule has 7 nitrogen and oxygen atoms in total. The third-order valence-corrected chi connectivity index (χ3v) is 7.81. The van der Waals surface area contributed by atoms with Crippen molar-refractivity contribution in [3.63, 3.8) is 0 Å². The number of carbonyl (C=O) groups is 2. The number of hydrogen-bond acceptors (Lipinski definition) is 4. The van der Waals surface area contributed by atoms with Crippen LogP contribution in [0.3, 0.4) is 0 Å². The maximum absolute atomic E-state index is 14.8. The normalized spacial score (nSPS) is 12.5. The van der Waals surface area contributed by atoms with E-state index in [1.165, 1.54) is 18.2 Å². The summed E-state index contributed by atoms with van der Waals surface area (Å²) >= 11 is 5.71. The van der Waals surface area contributed by atoms with Crippen molar-refractivity contribution < 1.29 is 35.6 Å². The predicted molar refractivity (Wildman–Crippen MR) is 153 cm³/mol. The van der Waals surface area contributed by atoms with Crippen LogP contribution in [0.4, 0.5) is 23.2 Å². The van der Waals surface area contributed by atoms with Crippen LogP contribution in [-0.2, 0) is 38.8 Å². The number of carbonyl (C=O) groups excluding carboxylic acids is 2. The Morgan fingerprint density at radius 3 is 2.24 bits per heavy atom. The summed E-state index contributed by atoms with van der Waals surface area (Å²) in [5.41, 5.74) is -1.01. The lowest BCUT2D eigenvalue weighted by molar-refractivity contribution is -0.140. The van der Waals surface area contributed by atoms with Gasteiger partial charge in [-0.05, 0) is 36.2 Å². The van der Waals surface area contributed by atoms with Crippen LogP contribution in [0.25, 0.3) is 0 Å². The van der Waals surface area contributed by atoms with Gasteiger partial charge in [0.15, 0.2) is 0 Å². The van der Waals surface area contributed by atoms with Gasteiger partial charge < -0.3 is 10.2 Å². The Kier molecular flexibility index (Phi) is 11.0. The molecule has 42 heavy (non-hydrogen) atoms. The zero-order valence-electron chi connectivity index (χ0n) is 22.9. The average Bonchev–Trinajstić information content (AvgIpc) is 2.93. The molecule has 1 N–H and O–H groups in total. The van der Waals surface area contributed by atoms with Gasteiger partial charge in [0, 0.05) is 25.1 Å². The second kappa shape index (κ2) is 14.0. The van der Waals surface area contributed by atoms with Gasteiger partial charge in [-0.1, -0.05) is 67.1 Å². The minimum Gasteiger partial charge on any atom is -0.354 e. The molecule has 3 aromatic carbocycles. The Morgan fingerprint density at radius 2 is 1.64 bits per heavy atom. The van der Waals surface area contributed by atoms with Crippen molar-refractivity contribution in [2.45, 2.75) is 38.5 Å². The SMILES string of the molecule is CCCNC(=O)[C@@H](Cc1ccccc1)N(Cc1ccccc1F)C(=O)CN(c1ccc(Cl)c(C(F)(F)F)c1)S(C)(=O)=O. The Morgan fingerprint density at radius 1 is 1.00 bits per heavy atom. The predicted octanol–water partition coefficient (Wildman–Crippen LogP) is 5.43. The Labute approximate surface area is 247 Å². The number of halogens is 5. The van der Waals surface area contributed by atoms with Crippen LogP contribution in [0.2, 0.25) is 5.02 Å². The van der Waals surface area contributed by atoms with E-state index >= 15 is 0 Å². The number of anilines is 1. The van der Waals surface area contributed by atoms with Crippen molar-refractivity contribution in [3.8, 4) is 0 Å². The quantitative estimate of drug-likeness (QED) is 0.271. The van der Waals surface area contributed by atoms with E-state index in [1.54, 1.807) is 36.4 Å². The van der Waals surface area contributed by atoms with Gasteiger partial charge >= 0.3 is 6.18 Å². The van der Waals surface area contributed by atoms with Crippen LogP contribution in [0.15, 0.2) is 72.8 Å². The van der Waals surface area contributed by atoms with Crippen LogP contribution in [0, 0.1) is 5.82 Å². The van der Waals surface area contributed by atoms with Gasteiger partial charge in [-0.3, -0.25) is 13.9 Å². The monoisotopic (exact) mass is 627 g/mol. The van der Waals surface area contributed by atoms with E-state index in [9.17, 15) is 35.6 Å².